The summed E-state index contributed by atoms with van der Waals surface area (Å²) >= 11 is -3.49. The molecule has 0 saturated heterocycles. The molecule has 0 aliphatic heterocycles. The summed E-state index contributed by atoms with van der Waals surface area (Å²) in [5.41, 5.74) is 0. The van der Waals surface area contributed by atoms with E-state index in [1.807, 2.05) is 0 Å². The molecular formula is C2HF4O3S-. The minimum atomic E-state index is -5.29. The maximum atomic E-state index is 11.4. The van der Waals surface area contributed by atoms with Crippen LogP contribution in [0, 0.1) is 0 Å². The van der Waals surface area contributed by atoms with E-state index in [2.05, 4.69) is 4.18 Å². The van der Waals surface area contributed by atoms with Crippen molar-refractivity contribution < 1.29 is 30.5 Å². The highest BCUT2D eigenvalue weighted by Crippen LogP contribution is 2.23. The monoisotopic (exact) mass is 181 g/mol. The Balaban J connectivity index is 3.85. The third-order valence-corrected chi connectivity index (χ3v) is 0.746. The number of hydrogen-bond donors (Lipinski definition) is 0. The van der Waals surface area contributed by atoms with Crippen molar-refractivity contribution in [1.82, 2.24) is 0 Å². The largest absolute Gasteiger partial charge is 0.750 e. The molecule has 0 saturated carbocycles. The Morgan fingerprint density at radius 1 is 1.50 bits per heavy atom. The summed E-state index contributed by atoms with van der Waals surface area (Å²) < 4.78 is 65.9. The first-order chi connectivity index (χ1) is 4.34. The highest BCUT2D eigenvalue weighted by atomic mass is 32.2. The summed E-state index contributed by atoms with van der Waals surface area (Å²) in [6, 6.07) is 0. The Kier molecular flexibility index (Phi) is 3.19. The van der Waals surface area contributed by atoms with Gasteiger partial charge in [0.2, 0.25) is 0 Å². The molecule has 0 aromatic rings. The Morgan fingerprint density at radius 2 is 1.90 bits per heavy atom. The number of alkyl halides is 4. The maximum absolute atomic E-state index is 11.4. The van der Waals surface area contributed by atoms with Crippen LogP contribution in [0.4, 0.5) is 17.6 Å². The Morgan fingerprint density at radius 3 is 2.00 bits per heavy atom. The standard InChI is InChI=1S/C2H2F4O3S/c3-1(2(4,5)6)9-10(7)8/h1H,(H,7,8)/p-1. The second-order valence-electron chi connectivity index (χ2n) is 1.16. The van der Waals surface area contributed by atoms with Crippen LogP contribution in [0.5, 0.6) is 0 Å². The van der Waals surface area contributed by atoms with E-state index in [1.54, 1.807) is 0 Å². The van der Waals surface area contributed by atoms with E-state index < -0.39 is 23.9 Å². The fourth-order valence-corrected chi connectivity index (χ4v) is 0.371. The summed E-state index contributed by atoms with van der Waals surface area (Å²) in [5, 5.41) is 0. The Bertz CT molecular complexity index is 133. The third kappa shape index (κ3) is 3.75. The van der Waals surface area contributed by atoms with Crippen molar-refractivity contribution in [1.29, 1.82) is 0 Å². The average molecular weight is 181 g/mol. The van der Waals surface area contributed by atoms with Crippen molar-refractivity contribution in [3.05, 3.63) is 0 Å². The third-order valence-electron chi connectivity index (χ3n) is 0.420. The van der Waals surface area contributed by atoms with Crippen LogP contribution in [-0.2, 0) is 15.5 Å². The highest BCUT2D eigenvalue weighted by Gasteiger charge is 2.41. The van der Waals surface area contributed by atoms with Crippen LogP contribution in [0.1, 0.15) is 0 Å². The molecule has 2 atom stereocenters. The van der Waals surface area contributed by atoms with Gasteiger partial charge in [0, 0.05) is 0 Å². The van der Waals surface area contributed by atoms with E-state index in [0.29, 0.717) is 0 Å². The van der Waals surface area contributed by atoms with Gasteiger partial charge in [0.25, 0.3) is 0 Å². The van der Waals surface area contributed by atoms with Gasteiger partial charge in [-0.25, -0.2) is 8.60 Å². The van der Waals surface area contributed by atoms with Gasteiger partial charge >= 0.3 is 12.5 Å². The smallest absolute Gasteiger partial charge is 0.446 e. The van der Waals surface area contributed by atoms with Crippen molar-refractivity contribution >= 4 is 11.4 Å². The molecule has 0 aliphatic carbocycles. The zero-order valence-electron chi connectivity index (χ0n) is 4.22. The van der Waals surface area contributed by atoms with Gasteiger partial charge < -0.3 is 4.55 Å². The molecule has 0 amide bonds. The summed E-state index contributed by atoms with van der Waals surface area (Å²) in [4.78, 5) is 0. The van der Waals surface area contributed by atoms with Gasteiger partial charge in [0.15, 0.2) is 0 Å². The molecule has 2 unspecified atom stereocenters. The SMILES string of the molecule is O=S([O-])OC(F)C(F)(F)F. The van der Waals surface area contributed by atoms with E-state index in [1.165, 1.54) is 0 Å². The minimum absolute atomic E-state index is 2.74. The second kappa shape index (κ2) is 3.26. The highest BCUT2D eigenvalue weighted by molar-refractivity contribution is 7.74. The van der Waals surface area contributed by atoms with Crippen LogP contribution in [0.25, 0.3) is 0 Å². The summed E-state index contributed by atoms with van der Waals surface area (Å²) in [6.45, 7) is 0. The number of halogens is 4. The fourth-order valence-electron chi connectivity index (χ4n) is 0.124. The predicted molar refractivity (Wildman–Crippen MR) is 21.0 cm³/mol. The first kappa shape index (κ1) is 9.79. The van der Waals surface area contributed by atoms with Gasteiger partial charge in [-0.15, -0.1) is 0 Å². The summed E-state index contributed by atoms with van der Waals surface area (Å²) in [5.74, 6) is 0. The van der Waals surface area contributed by atoms with Crippen molar-refractivity contribution in [2.45, 2.75) is 12.5 Å². The molecule has 0 heterocycles. The molecular weight excluding hydrogens is 180 g/mol. The molecule has 0 aliphatic rings. The average Bonchev–Trinajstić information content (AvgIpc) is 1.60. The molecule has 0 bridgehead atoms. The van der Waals surface area contributed by atoms with Crippen LogP contribution in [0.3, 0.4) is 0 Å². The van der Waals surface area contributed by atoms with Gasteiger partial charge in [-0.3, -0.25) is 4.18 Å². The molecule has 0 aromatic carbocycles. The summed E-state index contributed by atoms with van der Waals surface area (Å²) in [7, 11) is 0. The van der Waals surface area contributed by atoms with Crippen LogP contribution in [-0.4, -0.2) is 21.3 Å². The van der Waals surface area contributed by atoms with Gasteiger partial charge in [-0.2, -0.15) is 13.2 Å². The second-order valence-corrected chi connectivity index (χ2v) is 1.76. The predicted octanol–water partition coefficient (Wildman–Crippen LogP) is 0.655. The van der Waals surface area contributed by atoms with Crippen LogP contribution < -0.4 is 0 Å². The zero-order chi connectivity index (χ0) is 8.36. The van der Waals surface area contributed by atoms with Gasteiger partial charge in [0.1, 0.15) is 0 Å². The van der Waals surface area contributed by atoms with E-state index in [4.69, 9.17) is 0 Å². The van der Waals surface area contributed by atoms with Crippen molar-refractivity contribution in [2.24, 2.45) is 0 Å². The normalized spacial score (nSPS) is 18.5. The molecule has 8 heteroatoms. The quantitative estimate of drug-likeness (QED) is 0.464. The zero-order valence-corrected chi connectivity index (χ0v) is 5.04. The van der Waals surface area contributed by atoms with Crippen LogP contribution in [0.2, 0.25) is 0 Å². The van der Waals surface area contributed by atoms with E-state index >= 15 is 0 Å². The van der Waals surface area contributed by atoms with Crippen molar-refractivity contribution in [3.63, 3.8) is 0 Å². The molecule has 0 rings (SSSR count). The van der Waals surface area contributed by atoms with E-state index in [-0.39, 0.29) is 0 Å². The first-order valence-electron chi connectivity index (χ1n) is 1.81. The molecule has 0 aromatic heterocycles. The minimum Gasteiger partial charge on any atom is -0.750 e. The summed E-state index contributed by atoms with van der Waals surface area (Å²) in [6.07, 6.45) is -9.06. The van der Waals surface area contributed by atoms with Gasteiger partial charge in [0.05, 0.1) is 11.4 Å². The van der Waals surface area contributed by atoms with Crippen LogP contribution in [0.15, 0.2) is 0 Å². The topological polar surface area (TPSA) is 49.4 Å². The van der Waals surface area contributed by atoms with Crippen LogP contribution >= 0.6 is 0 Å². The first-order valence-corrected chi connectivity index (χ1v) is 2.81. The molecule has 62 valence electrons. The van der Waals surface area contributed by atoms with Crippen molar-refractivity contribution in [2.75, 3.05) is 0 Å². The molecule has 0 fully saturated rings. The van der Waals surface area contributed by atoms with Gasteiger partial charge in [-0.1, -0.05) is 0 Å². The molecule has 0 N–H and O–H groups in total. The lowest BCUT2D eigenvalue weighted by atomic mass is 10.7. The van der Waals surface area contributed by atoms with E-state index in [9.17, 15) is 26.3 Å². The number of hydrogen-bond acceptors (Lipinski definition) is 3. The maximum Gasteiger partial charge on any atom is 0.446 e. The van der Waals surface area contributed by atoms with E-state index in [0.717, 1.165) is 0 Å². The molecule has 0 spiro atoms. The molecule has 0 radical (unpaired) electrons. The fraction of sp³-hybridized carbons (Fsp3) is 1.00. The lowest BCUT2D eigenvalue weighted by Crippen LogP contribution is -2.27. The lowest BCUT2D eigenvalue weighted by Gasteiger charge is -2.12. The van der Waals surface area contributed by atoms with Gasteiger partial charge in [-0.05, 0) is 0 Å². The Labute approximate surface area is 55.5 Å². The molecule has 10 heavy (non-hydrogen) atoms. The molecule has 3 nitrogen and oxygen atoms in total. The Hall–Kier alpha value is -0.210. The van der Waals surface area contributed by atoms with Crippen molar-refractivity contribution in [3.8, 4) is 0 Å². The lowest BCUT2D eigenvalue weighted by molar-refractivity contribution is -0.235. The number of rotatable bonds is 2.